The van der Waals surface area contributed by atoms with E-state index in [1.807, 2.05) is 50.5 Å². The molecule has 0 fully saturated rings. The number of carbonyl (C=O) groups is 2. The Kier molecular flexibility index (Phi) is 7.58. The van der Waals surface area contributed by atoms with Gasteiger partial charge in [0, 0.05) is 12.1 Å². The van der Waals surface area contributed by atoms with Gasteiger partial charge < -0.3 is 15.5 Å². The second-order valence-corrected chi connectivity index (χ2v) is 6.20. The summed E-state index contributed by atoms with van der Waals surface area (Å²) in [5, 5.41) is 5.60. The van der Waals surface area contributed by atoms with Gasteiger partial charge in [0.25, 0.3) is 11.8 Å². The molecule has 0 aliphatic heterocycles. The van der Waals surface area contributed by atoms with Crippen LogP contribution in [-0.2, 0) is 4.79 Å². The van der Waals surface area contributed by atoms with Crippen LogP contribution >= 0.6 is 0 Å². The monoisotopic (exact) mass is 351 g/mol. The minimum absolute atomic E-state index is 0.231. The Hall–Kier alpha value is -2.92. The van der Waals surface area contributed by atoms with Crippen LogP contribution in [0.4, 0.5) is 0 Å². The number of hydrogen-bond donors (Lipinski definition) is 2. The number of rotatable bonds is 8. The molecule has 0 radical (unpaired) electrons. The molecule has 0 spiro atoms. The van der Waals surface area contributed by atoms with Gasteiger partial charge in [0.1, 0.15) is 5.70 Å². The number of carbonyl (C=O) groups excluding carboxylic acids is 2. The SMILES string of the molecule is CN(C)CCCNC(=O)/C(=C\c1ccccc1)NC(=O)c1ccccc1. The van der Waals surface area contributed by atoms with Crippen molar-refractivity contribution in [1.29, 1.82) is 0 Å². The summed E-state index contributed by atoms with van der Waals surface area (Å²) in [5.41, 5.74) is 1.58. The fourth-order valence-corrected chi connectivity index (χ4v) is 2.35. The molecule has 0 atom stereocenters. The summed E-state index contributed by atoms with van der Waals surface area (Å²) in [5.74, 6) is -0.604. The van der Waals surface area contributed by atoms with Gasteiger partial charge in [-0.1, -0.05) is 48.5 Å². The summed E-state index contributed by atoms with van der Waals surface area (Å²) < 4.78 is 0. The Morgan fingerprint density at radius 3 is 2.19 bits per heavy atom. The third-order valence-corrected chi connectivity index (χ3v) is 3.71. The van der Waals surface area contributed by atoms with Crippen LogP contribution in [0.5, 0.6) is 0 Å². The van der Waals surface area contributed by atoms with Crippen LogP contribution in [0.1, 0.15) is 22.3 Å². The van der Waals surface area contributed by atoms with E-state index in [0.717, 1.165) is 18.5 Å². The highest BCUT2D eigenvalue weighted by molar-refractivity contribution is 6.05. The van der Waals surface area contributed by atoms with Gasteiger partial charge in [0.15, 0.2) is 0 Å². The molecule has 2 rings (SSSR count). The highest BCUT2D eigenvalue weighted by Gasteiger charge is 2.14. The molecule has 5 heteroatoms. The third-order valence-electron chi connectivity index (χ3n) is 3.71. The molecular formula is C21H25N3O2. The highest BCUT2D eigenvalue weighted by atomic mass is 16.2. The molecule has 2 aromatic carbocycles. The summed E-state index contributed by atoms with van der Waals surface area (Å²) in [6.07, 6.45) is 2.52. The summed E-state index contributed by atoms with van der Waals surface area (Å²) in [4.78, 5) is 27.0. The van der Waals surface area contributed by atoms with Gasteiger partial charge in [-0.3, -0.25) is 9.59 Å². The molecule has 136 valence electrons. The molecule has 0 aliphatic carbocycles. The number of nitrogens with zero attached hydrogens (tertiary/aromatic N) is 1. The molecule has 2 aromatic rings. The predicted molar refractivity (Wildman–Crippen MR) is 105 cm³/mol. The topological polar surface area (TPSA) is 61.4 Å². The van der Waals surface area contributed by atoms with Crippen molar-refractivity contribution in [3.05, 3.63) is 77.5 Å². The second kappa shape index (κ2) is 10.2. The van der Waals surface area contributed by atoms with Crippen molar-refractivity contribution in [2.75, 3.05) is 27.2 Å². The van der Waals surface area contributed by atoms with Crippen LogP contribution in [0.15, 0.2) is 66.4 Å². The number of hydrogen-bond acceptors (Lipinski definition) is 3. The molecule has 2 amide bonds. The molecule has 26 heavy (non-hydrogen) atoms. The maximum absolute atomic E-state index is 12.6. The van der Waals surface area contributed by atoms with Gasteiger partial charge >= 0.3 is 0 Å². The van der Waals surface area contributed by atoms with Crippen molar-refractivity contribution in [2.24, 2.45) is 0 Å². The lowest BCUT2D eigenvalue weighted by atomic mass is 10.1. The summed E-state index contributed by atoms with van der Waals surface area (Å²) in [6, 6.07) is 18.3. The van der Waals surface area contributed by atoms with Crippen LogP contribution in [0.25, 0.3) is 6.08 Å². The largest absolute Gasteiger partial charge is 0.351 e. The fourth-order valence-electron chi connectivity index (χ4n) is 2.35. The van der Waals surface area contributed by atoms with Gasteiger partial charge in [-0.05, 0) is 50.8 Å². The standard InChI is InChI=1S/C21H25N3O2/c1-24(2)15-9-14-22-21(26)19(16-17-10-5-3-6-11-17)23-20(25)18-12-7-4-8-13-18/h3-8,10-13,16H,9,14-15H2,1-2H3,(H,22,26)(H,23,25)/b19-16+. The molecule has 0 heterocycles. The lowest BCUT2D eigenvalue weighted by molar-refractivity contribution is -0.117. The molecule has 0 bridgehead atoms. The van der Waals surface area contributed by atoms with E-state index in [2.05, 4.69) is 15.5 Å². The van der Waals surface area contributed by atoms with Crippen molar-refractivity contribution in [2.45, 2.75) is 6.42 Å². The molecule has 0 unspecified atom stereocenters. The summed E-state index contributed by atoms with van der Waals surface area (Å²) in [6.45, 7) is 1.43. The minimum Gasteiger partial charge on any atom is -0.351 e. The predicted octanol–water partition coefficient (Wildman–Crippen LogP) is 2.53. The Morgan fingerprint density at radius 1 is 0.962 bits per heavy atom. The first-order valence-electron chi connectivity index (χ1n) is 8.62. The van der Waals surface area contributed by atoms with E-state index >= 15 is 0 Å². The molecular weight excluding hydrogens is 326 g/mol. The molecule has 5 nitrogen and oxygen atoms in total. The normalized spacial score (nSPS) is 11.3. The lowest BCUT2D eigenvalue weighted by Crippen LogP contribution is -2.36. The van der Waals surface area contributed by atoms with E-state index < -0.39 is 0 Å². The first kappa shape index (κ1) is 19.4. The Balaban J connectivity index is 2.10. The first-order valence-corrected chi connectivity index (χ1v) is 8.62. The van der Waals surface area contributed by atoms with Crippen LogP contribution in [-0.4, -0.2) is 43.9 Å². The van der Waals surface area contributed by atoms with Gasteiger partial charge in [-0.15, -0.1) is 0 Å². The molecule has 0 aromatic heterocycles. The lowest BCUT2D eigenvalue weighted by Gasteiger charge is -2.13. The van der Waals surface area contributed by atoms with E-state index in [4.69, 9.17) is 0 Å². The van der Waals surface area contributed by atoms with Crippen molar-refractivity contribution < 1.29 is 9.59 Å². The Bertz CT molecular complexity index is 740. The van der Waals surface area contributed by atoms with Crippen molar-refractivity contribution >= 4 is 17.9 Å². The molecule has 0 saturated carbocycles. The zero-order valence-electron chi connectivity index (χ0n) is 15.2. The number of nitrogens with one attached hydrogen (secondary N) is 2. The van der Waals surface area contributed by atoms with Gasteiger partial charge in [0.2, 0.25) is 0 Å². The Labute approximate surface area is 154 Å². The average Bonchev–Trinajstić information content (AvgIpc) is 2.66. The number of amides is 2. The maximum atomic E-state index is 12.6. The fraction of sp³-hybridized carbons (Fsp3) is 0.238. The first-order chi connectivity index (χ1) is 12.6. The third kappa shape index (κ3) is 6.53. The van der Waals surface area contributed by atoms with Gasteiger partial charge in [0.05, 0.1) is 0 Å². The molecule has 0 saturated heterocycles. The zero-order valence-corrected chi connectivity index (χ0v) is 15.2. The van der Waals surface area contributed by atoms with Crippen LogP contribution in [0.3, 0.4) is 0 Å². The maximum Gasteiger partial charge on any atom is 0.267 e. The van der Waals surface area contributed by atoms with Crippen LogP contribution in [0, 0.1) is 0 Å². The van der Waals surface area contributed by atoms with E-state index in [1.165, 1.54) is 0 Å². The zero-order chi connectivity index (χ0) is 18.8. The highest BCUT2D eigenvalue weighted by Crippen LogP contribution is 2.07. The second-order valence-electron chi connectivity index (χ2n) is 6.20. The quantitative estimate of drug-likeness (QED) is 0.567. The van der Waals surface area contributed by atoms with E-state index in [-0.39, 0.29) is 17.5 Å². The van der Waals surface area contributed by atoms with E-state index in [9.17, 15) is 9.59 Å². The van der Waals surface area contributed by atoms with Crippen molar-refractivity contribution in [1.82, 2.24) is 15.5 Å². The minimum atomic E-state index is -0.309. The van der Waals surface area contributed by atoms with Crippen LogP contribution in [0.2, 0.25) is 0 Å². The molecule has 2 N–H and O–H groups in total. The smallest absolute Gasteiger partial charge is 0.267 e. The van der Waals surface area contributed by atoms with E-state index in [1.54, 1.807) is 30.3 Å². The Morgan fingerprint density at radius 2 is 1.58 bits per heavy atom. The molecule has 0 aliphatic rings. The number of benzene rings is 2. The average molecular weight is 351 g/mol. The van der Waals surface area contributed by atoms with Gasteiger partial charge in [-0.2, -0.15) is 0 Å². The van der Waals surface area contributed by atoms with Crippen molar-refractivity contribution in [3.8, 4) is 0 Å². The summed E-state index contributed by atoms with van der Waals surface area (Å²) in [7, 11) is 3.98. The van der Waals surface area contributed by atoms with Gasteiger partial charge in [-0.25, -0.2) is 0 Å². The summed E-state index contributed by atoms with van der Waals surface area (Å²) >= 11 is 0. The van der Waals surface area contributed by atoms with Crippen molar-refractivity contribution in [3.63, 3.8) is 0 Å². The van der Waals surface area contributed by atoms with E-state index in [0.29, 0.717) is 12.1 Å². The van der Waals surface area contributed by atoms with Crippen LogP contribution < -0.4 is 10.6 Å².